The maximum atomic E-state index is 5.46. The third-order valence-corrected chi connectivity index (χ3v) is 4.37. The Morgan fingerprint density at radius 3 is 2.22 bits per heavy atom. The molecule has 0 aliphatic carbocycles. The first-order valence-corrected chi connectivity index (χ1v) is 7.89. The first kappa shape index (κ1) is 14.3. The topological polar surface area (TPSA) is 24.5 Å². The van der Waals surface area contributed by atoms with Crippen LogP contribution in [0.1, 0.15) is 39.0 Å². The van der Waals surface area contributed by atoms with Gasteiger partial charge in [0.1, 0.15) is 0 Å². The molecule has 0 amide bonds. The van der Waals surface area contributed by atoms with Gasteiger partial charge in [-0.3, -0.25) is 0 Å². The number of ether oxygens (including phenoxy) is 1. The van der Waals surface area contributed by atoms with E-state index in [0.717, 1.165) is 25.0 Å². The van der Waals surface area contributed by atoms with E-state index in [4.69, 9.17) is 4.74 Å². The molecule has 106 valence electrons. The Kier molecular flexibility index (Phi) is 6.46. The summed E-state index contributed by atoms with van der Waals surface area (Å²) in [6.45, 7) is 10.6. The van der Waals surface area contributed by atoms with E-state index in [0.29, 0.717) is 0 Å². The highest BCUT2D eigenvalue weighted by Gasteiger charge is 2.20. The highest BCUT2D eigenvalue weighted by molar-refractivity contribution is 4.75. The van der Waals surface area contributed by atoms with Crippen LogP contribution in [0.2, 0.25) is 0 Å². The second kappa shape index (κ2) is 8.13. The SMILES string of the molecule is CCCN(CC1CCNCC1)CC1CCOCC1. The van der Waals surface area contributed by atoms with Crippen molar-refractivity contribution < 1.29 is 4.74 Å². The monoisotopic (exact) mass is 254 g/mol. The van der Waals surface area contributed by atoms with E-state index < -0.39 is 0 Å². The zero-order valence-corrected chi connectivity index (χ0v) is 12.0. The van der Waals surface area contributed by atoms with Gasteiger partial charge in [0.05, 0.1) is 0 Å². The lowest BCUT2D eigenvalue weighted by molar-refractivity contribution is 0.0493. The molecule has 3 heteroatoms. The summed E-state index contributed by atoms with van der Waals surface area (Å²) in [4.78, 5) is 2.73. The van der Waals surface area contributed by atoms with E-state index in [-0.39, 0.29) is 0 Å². The number of nitrogens with zero attached hydrogens (tertiary/aromatic N) is 1. The van der Waals surface area contributed by atoms with Gasteiger partial charge in [0.25, 0.3) is 0 Å². The molecule has 2 aliphatic rings. The maximum Gasteiger partial charge on any atom is 0.0469 e. The number of hydrogen-bond acceptors (Lipinski definition) is 3. The number of hydrogen-bond donors (Lipinski definition) is 1. The Labute approximate surface area is 112 Å². The van der Waals surface area contributed by atoms with Crippen molar-refractivity contribution >= 4 is 0 Å². The van der Waals surface area contributed by atoms with E-state index in [9.17, 15) is 0 Å². The van der Waals surface area contributed by atoms with Gasteiger partial charge in [-0.2, -0.15) is 0 Å². The van der Waals surface area contributed by atoms with Crippen molar-refractivity contribution in [3.8, 4) is 0 Å². The summed E-state index contributed by atoms with van der Waals surface area (Å²) in [5.74, 6) is 1.81. The van der Waals surface area contributed by atoms with Gasteiger partial charge in [0, 0.05) is 26.3 Å². The molecular formula is C15H30N2O. The number of piperidine rings is 1. The van der Waals surface area contributed by atoms with Crippen molar-refractivity contribution in [2.45, 2.75) is 39.0 Å². The maximum absolute atomic E-state index is 5.46. The summed E-state index contributed by atoms with van der Waals surface area (Å²) >= 11 is 0. The molecule has 0 atom stereocenters. The van der Waals surface area contributed by atoms with Gasteiger partial charge < -0.3 is 15.0 Å². The van der Waals surface area contributed by atoms with E-state index in [2.05, 4.69) is 17.1 Å². The van der Waals surface area contributed by atoms with Crippen molar-refractivity contribution in [2.75, 3.05) is 45.9 Å². The third kappa shape index (κ3) is 4.87. The number of rotatable bonds is 6. The average molecular weight is 254 g/mol. The molecule has 0 spiro atoms. The molecule has 1 N–H and O–H groups in total. The Morgan fingerprint density at radius 2 is 1.61 bits per heavy atom. The fourth-order valence-corrected chi connectivity index (χ4v) is 3.30. The Bertz CT molecular complexity index is 191. The van der Waals surface area contributed by atoms with Crippen LogP contribution in [0.3, 0.4) is 0 Å². The molecule has 0 aromatic rings. The van der Waals surface area contributed by atoms with E-state index >= 15 is 0 Å². The van der Waals surface area contributed by atoms with Crippen LogP contribution >= 0.6 is 0 Å². The Balaban J connectivity index is 1.74. The van der Waals surface area contributed by atoms with Crippen LogP contribution < -0.4 is 5.32 Å². The van der Waals surface area contributed by atoms with Crippen molar-refractivity contribution in [3.05, 3.63) is 0 Å². The van der Waals surface area contributed by atoms with Crippen LogP contribution in [-0.4, -0.2) is 50.8 Å². The van der Waals surface area contributed by atoms with Crippen molar-refractivity contribution in [2.24, 2.45) is 11.8 Å². The van der Waals surface area contributed by atoms with Crippen LogP contribution in [0.4, 0.5) is 0 Å². The van der Waals surface area contributed by atoms with Gasteiger partial charge in [-0.15, -0.1) is 0 Å². The van der Waals surface area contributed by atoms with E-state index in [1.807, 2.05) is 0 Å². The van der Waals surface area contributed by atoms with Crippen LogP contribution in [0.25, 0.3) is 0 Å². The minimum Gasteiger partial charge on any atom is -0.381 e. The van der Waals surface area contributed by atoms with Gasteiger partial charge in [-0.25, -0.2) is 0 Å². The zero-order valence-electron chi connectivity index (χ0n) is 12.0. The lowest BCUT2D eigenvalue weighted by atomic mass is 9.95. The van der Waals surface area contributed by atoms with E-state index in [1.165, 1.54) is 64.8 Å². The first-order chi connectivity index (χ1) is 8.88. The molecule has 0 bridgehead atoms. The van der Waals surface area contributed by atoms with Crippen molar-refractivity contribution in [1.82, 2.24) is 10.2 Å². The second-order valence-electron chi connectivity index (χ2n) is 6.01. The summed E-state index contributed by atoms with van der Waals surface area (Å²) in [5.41, 5.74) is 0. The van der Waals surface area contributed by atoms with E-state index in [1.54, 1.807) is 0 Å². The molecule has 2 fully saturated rings. The molecule has 2 heterocycles. The lowest BCUT2D eigenvalue weighted by Gasteiger charge is -2.33. The molecule has 0 aromatic carbocycles. The van der Waals surface area contributed by atoms with Crippen LogP contribution in [0.5, 0.6) is 0 Å². The minimum atomic E-state index is 0.881. The molecular weight excluding hydrogens is 224 g/mol. The summed E-state index contributed by atoms with van der Waals surface area (Å²) in [5, 5.41) is 3.47. The molecule has 3 nitrogen and oxygen atoms in total. The van der Waals surface area contributed by atoms with Gasteiger partial charge in [-0.1, -0.05) is 6.92 Å². The molecule has 0 saturated carbocycles. The average Bonchev–Trinajstić information content (AvgIpc) is 2.41. The van der Waals surface area contributed by atoms with Gasteiger partial charge in [-0.05, 0) is 63.6 Å². The number of nitrogens with one attached hydrogen (secondary N) is 1. The lowest BCUT2D eigenvalue weighted by Crippen LogP contribution is -2.39. The molecule has 18 heavy (non-hydrogen) atoms. The molecule has 2 rings (SSSR count). The second-order valence-corrected chi connectivity index (χ2v) is 6.01. The summed E-state index contributed by atoms with van der Waals surface area (Å²) in [7, 11) is 0. The third-order valence-electron chi connectivity index (χ3n) is 4.37. The highest BCUT2D eigenvalue weighted by atomic mass is 16.5. The standard InChI is InChI=1S/C15H30N2O/c1-2-9-17(12-14-3-7-16-8-4-14)13-15-5-10-18-11-6-15/h14-16H,2-13H2,1H3. The fourth-order valence-electron chi connectivity index (χ4n) is 3.30. The van der Waals surface area contributed by atoms with Crippen LogP contribution in [0, 0.1) is 11.8 Å². The van der Waals surface area contributed by atoms with Crippen LogP contribution in [0.15, 0.2) is 0 Å². The molecule has 0 radical (unpaired) electrons. The van der Waals surface area contributed by atoms with Gasteiger partial charge in [0.15, 0.2) is 0 Å². The smallest absolute Gasteiger partial charge is 0.0469 e. The predicted octanol–water partition coefficient (Wildman–Crippen LogP) is 2.12. The largest absolute Gasteiger partial charge is 0.381 e. The van der Waals surface area contributed by atoms with Gasteiger partial charge in [0.2, 0.25) is 0 Å². The summed E-state index contributed by atoms with van der Waals surface area (Å²) in [6.07, 6.45) is 6.56. The highest BCUT2D eigenvalue weighted by Crippen LogP contribution is 2.19. The van der Waals surface area contributed by atoms with Gasteiger partial charge >= 0.3 is 0 Å². The Hall–Kier alpha value is -0.120. The normalized spacial score (nSPS) is 23.7. The summed E-state index contributed by atoms with van der Waals surface area (Å²) < 4.78 is 5.46. The molecule has 2 saturated heterocycles. The fraction of sp³-hybridized carbons (Fsp3) is 1.00. The van der Waals surface area contributed by atoms with Crippen molar-refractivity contribution in [3.63, 3.8) is 0 Å². The first-order valence-electron chi connectivity index (χ1n) is 7.89. The molecule has 0 unspecified atom stereocenters. The Morgan fingerprint density at radius 1 is 1.00 bits per heavy atom. The van der Waals surface area contributed by atoms with Crippen molar-refractivity contribution in [1.29, 1.82) is 0 Å². The van der Waals surface area contributed by atoms with Crippen LogP contribution in [-0.2, 0) is 4.74 Å². The quantitative estimate of drug-likeness (QED) is 0.786. The zero-order chi connectivity index (χ0) is 12.6. The molecule has 2 aliphatic heterocycles. The summed E-state index contributed by atoms with van der Waals surface area (Å²) in [6, 6.07) is 0. The predicted molar refractivity (Wildman–Crippen MR) is 75.9 cm³/mol. The minimum absolute atomic E-state index is 0.881. The molecule has 0 aromatic heterocycles.